The fourth-order valence-corrected chi connectivity index (χ4v) is 1.61. The normalized spacial score (nSPS) is 36.1. The average molecular weight is 147 g/mol. The molecule has 0 radical (unpaired) electrons. The van der Waals surface area contributed by atoms with Gasteiger partial charge in [-0.1, -0.05) is 12.8 Å². The first kappa shape index (κ1) is 7.07. The molecule has 0 aliphatic heterocycles. The fourth-order valence-electron chi connectivity index (χ4n) is 1.27. The van der Waals surface area contributed by atoms with Gasteiger partial charge >= 0.3 is 0 Å². The minimum atomic E-state index is 0.122. The van der Waals surface area contributed by atoms with Gasteiger partial charge in [0.15, 0.2) is 0 Å². The Labute approximate surface area is 60.4 Å². The molecule has 1 fully saturated rings. The number of alkyl halides is 1. The van der Waals surface area contributed by atoms with Gasteiger partial charge in [0, 0.05) is 11.3 Å². The van der Waals surface area contributed by atoms with Crippen LogP contribution in [0, 0.1) is 5.92 Å². The van der Waals surface area contributed by atoms with Crippen LogP contribution in [0.25, 0.3) is 0 Å². The number of rotatable bonds is 1. The Hall–Kier alpha value is -0.0400. The molecule has 0 heterocycles. The van der Waals surface area contributed by atoms with E-state index in [1.807, 2.05) is 0 Å². The molecular weight excluding hydrogens is 136 g/mol. The first-order valence-corrected chi connectivity index (χ1v) is 3.87. The zero-order valence-electron chi connectivity index (χ0n) is 5.35. The Morgan fingerprint density at radius 3 is 2.44 bits per heavy atom. The topological polar surface area (TPSA) is 17.1 Å². The molecule has 52 valence electrons. The van der Waals surface area contributed by atoms with Crippen LogP contribution in [0.3, 0.4) is 0 Å². The maximum absolute atomic E-state index is 10.3. The summed E-state index contributed by atoms with van der Waals surface area (Å²) in [7, 11) is 0. The van der Waals surface area contributed by atoms with Gasteiger partial charge in [-0.05, 0) is 12.8 Å². The second-order valence-electron chi connectivity index (χ2n) is 2.60. The van der Waals surface area contributed by atoms with Crippen LogP contribution in [0.5, 0.6) is 0 Å². The van der Waals surface area contributed by atoms with Crippen molar-refractivity contribution in [3.8, 4) is 0 Å². The van der Waals surface area contributed by atoms with Gasteiger partial charge in [-0.2, -0.15) is 0 Å². The van der Waals surface area contributed by atoms with Gasteiger partial charge in [0.25, 0.3) is 0 Å². The van der Waals surface area contributed by atoms with Crippen molar-refractivity contribution in [1.29, 1.82) is 0 Å². The van der Waals surface area contributed by atoms with Crippen molar-refractivity contribution in [2.75, 3.05) is 0 Å². The Morgan fingerprint density at radius 2 is 2.00 bits per heavy atom. The molecule has 0 spiro atoms. The Balaban J connectivity index is 2.38. The Bertz CT molecular complexity index is 103. The van der Waals surface area contributed by atoms with Gasteiger partial charge < -0.3 is 4.79 Å². The van der Waals surface area contributed by atoms with Crippen LogP contribution in [0.2, 0.25) is 0 Å². The molecule has 0 N–H and O–H groups in total. The zero-order chi connectivity index (χ0) is 6.69. The molecule has 0 aromatic heterocycles. The number of hydrogen-bond donors (Lipinski definition) is 0. The third-order valence-corrected chi connectivity index (χ3v) is 2.45. The highest BCUT2D eigenvalue weighted by atomic mass is 35.5. The lowest BCUT2D eigenvalue weighted by molar-refractivity contribution is -0.111. The van der Waals surface area contributed by atoms with Crippen molar-refractivity contribution in [3.05, 3.63) is 0 Å². The highest BCUT2D eigenvalue weighted by Crippen LogP contribution is 2.26. The van der Waals surface area contributed by atoms with Crippen LogP contribution in [-0.2, 0) is 4.79 Å². The van der Waals surface area contributed by atoms with E-state index in [2.05, 4.69) is 0 Å². The molecule has 1 nitrogen and oxygen atoms in total. The summed E-state index contributed by atoms with van der Waals surface area (Å²) in [6.07, 6.45) is 5.38. The second kappa shape index (κ2) is 3.21. The van der Waals surface area contributed by atoms with E-state index in [4.69, 9.17) is 11.6 Å². The molecule has 1 saturated carbocycles. The third kappa shape index (κ3) is 1.68. The standard InChI is InChI=1S/C7H11ClO/c8-7-4-2-1-3-6(7)5-9/h5-7H,1-4H2. The summed E-state index contributed by atoms with van der Waals surface area (Å²) in [5.74, 6) is 0.139. The smallest absolute Gasteiger partial charge is 0.124 e. The minimum Gasteiger partial charge on any atom is -0.303 e. The molecular formula is C7H11ClO. The number of hydrogen-bond acceptors (Lipinski definition) is 1. The maximum Gasteiger partial charge on any atom is 0.124 e. The van der Waals surface area contributed by atoms with Crippen molar-refractivity contribution < 1.29 is 4.79 Å². The quantitative estimate of drug-likeness (QED) is 0.409. The summed E-state index contributed by atoms with van der Waals surface area (Å²) in [4.78, 5) is 10.3. The second-order valence-corrected chi connectivity index (χ2v) is 3.16. The van der Waals surface area contributed by atoms with Gasteiger partial charge in [0.05, 0.1) is 0 Å². The fraction of sp³-hybridized carbons (Fsp3) is 0.857. The molecule has 0 aromatic carbocycles. The lowest BCUT2D eigenvalue weighted by Gasteiger charge is -2.21. The van der Waals surface area contributed by atoms with E-state index in [-0.39, 0.29) is 11.3 Å². The Kier molecular flexibility index (Phi) is 2.52. The average Bonchev–Trinajstić information content (AvgIpc) is 1.89. The molecule has 0 aromatic rings. The largest absolute Gasteiger partial charge is 0.303 e. The highest BCUT2D eigenvalue weighted by Gasteiger charge is 2.21. The molecule has 2 atom stereocenters. The van der Waals surface area contributed by atoms with Gasteiger partial charge in [0.2, 0.25) is 0 Å². The van der Waals surface area contributed by atoms with Crippen LogP contribution < -0.4 is 0 Å². The van der Waals surface area contributed by atoms with E-state index < -0.39 is 0 Å². The first-order valence-electron chi connectivity index (χ1n) is 3.44. The zero-order valence-corrected chi connectivity index (χ0v) is 6.10. The number of carbonyl (C=O) groups excluding carboxylic acids is 1. The molecule has 0 bridgehead atoms. The van der Waals surface area contributed by atoms with Crippen LogP contribution in [0.1, 0.15) is 25.7 Å². The van der Waals surface area contributed by atoms with E-state index in [1.165, 1.54) is 12.8 Å². The van der Waals surface area contributed by atoms with E-state index in [9.17, 15) is 4.79 Å². The molecule has 2 unspecified atom stereocenters. The predicted octanol–water partition coefficient (Wildman–Crippen LogP) is 1.98. The molecule has 2 heteroatoms. The molecule has 1 aliphatic carbocycles. The summed E-state index contributed by atoms with van der Waals surface area (Å²) >= 11 is 5.85. The summed E-state index contributed by atoms with van der Waals surface area (Å²) in [5, 5.41) is 0.122. The van der Waals surface area contributed by atoms with Gasteiger partial charge in [-0.3, -0.25) is 0 Å². The minimum absolute atomic E-state index is 0.122. The van der Waals surface area contributed by atoms with Crippen molar-refractivity contribution >= 4 is 17.9 Å². The summed E-state index contributed by atoms with van der Waals surface area (Å²) < 4.78 is 0. The van der Waals surface area contributed by atoms with Crippen molar-refractivity contribution in [3.63, 3.8) is 0 Å². The first-order chi connectivity index (χ1) is 4.34. The van der Waals surface area contributed by atoms with Crippen molar-refractivity contribution in [2.24, 2.45) is 5.92 Å². The molecule has 0 saturated heterocycles. The third-order valence-electron chi connectivity index (χ3n) is 1.91. The van der Waals surface area contributed by atoms with E-state index >= 15 is 0 Å². The van der Waals surface area contributed by atoms with Gasteiger partial charge in [-0.25, -0.2) is 0 Å². The lowest BCUT2D eigenvalue weighted by Crippen LogP contribution is -2.20. The van der Waals surface area contributed by atoms with Crippen LogP contribution >= 0.6 is 11.6 Å². The van der Waals surface area contributed by atoms with Gasteiger partial charge in [-0.15, -0.1) is 11.6 Å². The van der Waals surface area contributed by atoms with E-state index in [0.717, 1.165) is 19.1 Å². The number of halogens is 1. The predicted molar refractivity (Wildman–Crippen MR) is 37.7 cm³/mol. The molecule has 9 heavy (non-hydrogen) atoms. The highest BCUT2D eigenvalue weighted by molar-refractivity contribution is 6.21. The number of carbonyl (C=O) groups is 1. The van der Waals surface area contributed by atoms with E-state index in [1.54, 1.807) is 0 Å². The van der Waals surface area contributed by atoms with Crippen molar-refractivity contribution in [2.45, 2.75) is 31.1 Å². The molecule has 1 aliphatic rings. The van der Waals surface area contributed by atoms with Crippen LogP contribution in [-0.4, -0.2) is 11.7 Å². The number of aldehydes is 1. The SMILES string of the molecule is O=CC1CCCCC1Cl. The lowest BCUT2D eigenvalue weighted by atomic mass is 9.90. The van der Waals surface area contributed by atoms with Crippen LogP contribution in [0.15, 0.2) is 0 Å². The molecule has 1 rings (SSSR count). The Morgan fingerprint density at radius 1 is 1.33 bits per heavy atom. The summed E-state index contributed by atoms with van der Waals surface area (Å²) in [5.41, 5.74) is 0. The van der Waals surface area contributed by atoms with Crippen LogP contribution in [0.4, 0.5) is 0 Å². The summed E-state index contributed by atoms with van der Waals surface area (Å²) in [6.45, 7) is 0. The van der Waals surface area contributed by atoms with E-state index in [0.29, 0.717) is 0 Å². The monoisotopic (exact) mass is 146 g/mol. The molecule has 0 amide bonds. The maximum atomic E-state index is 10.3. The van der Waals surface area contributed by atoms with Crippen molar-refractivity contribution in [1.82, 2.24) is 0 Å². The summed E-state index contributed by atoms with van der Waals surface area (Å²) in [6, 6.07) is 0. The van der Waals surface area contributed by atoms with Gasteiger partial charge in [0.1, 0.15) is 6.29 Å².